The molecule has 2 aromatic carbocycles. The van der Waals surface area contributed by atoms with E-state index in [4.69, 9.17) is 14.2 Å². The highest BCUT2D eigenvalue weighted by atomic mass is 32.1. The van der Waals surface area contributed by atoms with Gasteiger partial charge in [-0.05, 0) is 79.7 Å². The number of rotatable bonds is 7. The van der Waals surface area contributed by atoms with Gasteiger partial charge in [0.15, 0.2) is 5.69 Å². The van der Waals surface area contributed by atoms with Crippen molar-refractivity contribution in [3.8, 4) is 27.3 Å². The first-order valence-corrected chi connectivity index (χ1v) is 15.4. The Balaban J connectivity index is 1.52. The van der Waals surface area contributed by atoms with Gasteiger partial charge in [-0.3, -0.25) is 9.59 Å². The zero-order valence-electron chi connectivity index (χ0n) is 26.1. The van der Waals surface area contributed by atoms with Gasteiger partial charge in [0.25, 0.3) is 11.8 Å². The number of hydrogen-bond donors (Lipinski definition) is 3. The molecule has 1 aliphatic heterocycles. The summed E-state index contributed by atoms with van der Waals surface area (Å²) in [6.07, 6.45) is 0.178. The van der Waals surface area contributed by atoms with E-state index >= 15 is 0 Å². The Morgan fingerprint density at radius 2 is 1.72 bits per heavy atom. The molecule has 3 N–H and O–H groups in total. The normalized spacial score (nSPS) is 12.0. The number of benzene rings is 2. The van der Waals surface area contributed by atoms with Crippen molar-refractivity contribution in [2.75, 3.05) is 26.1 Å². The fourth-order valence-corrected chi connectivity index (χ4v) is 5.88. The second-order valence-corrected chi connectivity index (χ2v) is 12.4. The average molecular weight is 643 g/mol. The van der Waals surface area contributed by atoms with Gasteiger partial charge in [-0.15, -0.1) is 11.3 Å². The van der Waals surface area contributed by atoms with Crippen molar-refractivity contribution in [2.45, 2.75) is 39.3 Å². The first-order valence-electron chi connectivity index (χ1n) is 14.5. The summed E-state index contributed by atoms with van der Waals surface area (Å²) in [6, 6.07) is 15.6. The molecule has 3 heterocycles. The van der Waals surface area contributed by atoms with E-state index in [-0.39, 0.29) is 23.5 Å². The smallest absolute Gasteiger partial charge is 0.407 e. The van der Waals surface area contributed by atoms with Gasteiger partial charge in [-0.2, -0.15) is 0 Å². The Kier molecular flexibility index (Phi) is 9.38. The summed E-state index contributed by atoms with van der Waals surface area (Å²) in [5.74, 6) is -1.12. The largest absolute Gasteiger partial charge is 0.493 e. The van der Waals surface area contributed by atoms with Gasteiger partial charge >= 0.3 is 12.1 Å². The van der Waals surface area contributed by atoms with Crippen LogP contribution in [0.5, 0.6) is 5.75 Å². The van der Waals surface area contributed by atoms with E-state index in [0.717, 1.165) is 21.6 Å². The van der Waals surface area contributed by atoms with Crippen LogP contribution in [0.1, 0.15) is 63.2 Å². The molecule has 0 aliphatic carbocycles. The molecule has 5 rings (SSSR count). The number of anilines is 1. The minimum atomic E-state index is -0.765. The van der Waals surface area contributed by atoms with Crippen LogP contribution < -0.4 is 20.7 Å². The molecule has 0 spiro atoms. The van der Waals surface area contributed by atoms with Gasteiger partial charge in [0, 0.05) is 52.8 Å². The molecule has 1 aliphatic rings. The Morgan fingerprint density at radius 3 is 2.41 bits per heavy atom. The van der Waals surface area contributed by atoms with Crippen molar-refractivity contribution >= 4 is 40.9 Å². The summed E-state index contributed by atoms with van der Waals surface area (Å²) < 4.78 is 16.4. The molecule has 238 valence electrons. The Labute approximate surface area is 270 Å². The van der Waals surface area contributed by atoms with E-state index in [9.17, 15) is 19.2 Å². The number of nitrogens with zero attached hydrogens (tertiary/aromatic N) is 1. The lowest BCUT2D eigenvalue weighted by Crippen LogP contribution is -2.32. The van der Waals surface area contributed by atoms with Gasteiger partial charge < -0.3 is 30.2 Å². The van der Waals surface area contributed by atoms with Gasteiger partial charge in [0.2, 0.25) is 0 Å². The zero-order chi connectivity index (χ0) is 33.0. The lowest BCUT2D eigenvalue weighted by atomic mass is 9.93. The summed E-state index contributed by atoms with van der Waals surface area (Å²) in [4.78, 5) is 56.6. The van der Waals surface area contributed by atoms with Gasteiger partial charge in [-0.1, -0.05) is 12.1 Å². The second-order valence-electron chi connectivity index (χ2n) is 11.4. The van der Waals surface area contributed by atoms with Crippen LogP contribution in [0.2, 0.25) is 0 Å². The topological polar surface area (TPSA) is 145 Å². The molecule has 0 bridgehead atoms. The Bertz CT molecular complexity index is 1810. The molecule has 12 heteroatoms. The fraction of sp³-hybridized carbons (Fsp3) is 0.265. The van der Waals surface area contributed by atoms with Crippen molar-refractivity contribution in [1.29, 1.82) is 0 Å². The third-order valence-corrected chi connectivity index (χ3v) is 8.05. The number of esters is 1. The summed E-state index contributed by atoms with van der Waals surface area (Å²) in [6.45, 7) is 6.06. The lowest BCUT2D eigenvalue weighted by molar-refractivity contribution is 0.0522. The van der Waals surface area contributed by atoms with Gasteiger partial charge in [-0.25, -0.2) is 14.6 Å². The van der Waals surface area contributed by atoms with Crippen LogP contribution in [-0.2, 0) is 22.4 Å². The highest BCUT2D eigenvalue weighted by molar-refractivity contribution is 7.13. The number of fused-ring (bicyclic) bond motifs is 3. The van der Waals surface area contributed by atoms with E-state index in [1.165, 1.54) is 20.2 Å². The van der Waals surface area contributed by atoms with Crippen molar-refractivity contribution in [1.82, 2.24) is 15.6 Å². The molecule has 2 aromatic heterocycles. The Hall–Kier alpha value is -5.23. The number of nitrogens with one attached hydrogen (secondary N) is 3. The molecule has 46 heavy (non-hydrogen) atoms. The minimum absolute atomic E-state index is 0.0214. The molecular formula is C34H34N4O7S. The molecule has 0 unspecified atom stereocenters. The molecule has 3 amide bonds. The van der Waals surface area contributed by atoms with Crippen molar-refractivity contribution in [2.24, 2.45) is 0 Å². The monoisotopic (exact) mass is 642 g/mol. The lowest BCUT2D eigenvalue weighted by Gasteiger charge is -2.19. The number of hydrogen-bond acceptors (Lipinski definition) is 9. The van der Waals surface area contributed by atoms with Crippen LogP contribution in [0, 0.1) is 0 Å². The quantitative estimate of drug-likeness (QED) is 0.214. The van der Waals surface area contributed by atoms with Crippen molar-refractivity contribution in [3.63, 3.8) is 0 Å². The van der Waals surface area contributed by atoms with Crippen molar-refractivity contribution < 1.29 is 33.4 Å². The number of carbonyl (C=O) groups excluding carboxylic acids is 4. The number of ether oxygens (including phenoxy) is 3. The highest BCUT2D eigenvalue weighted by Crippen LogP contribution is 2.43. The maximum absolute atomic E-state index is 14.0. The van der Waals surface area contributed by atoms with Crippen LogP contribution in [0.4, 0.5) is 10.5 Å². The maximum Gasteiger partial charge on any atom is 0.407 e. The maximum atomic E-state index is 14.0. The highest BCUT2D eigenvalue weighted by Gasteiger charge is 2.27. The number of pyridine rings is 1. The van der Waals surface area contributed by atoms with E-state index in [1.807, 2.05) is 11.4 Å². The third-order valence-electron chi connectivity index (χ3n) is 7.06. The van der Waals surface area contributed by atoms with E-state index in [0.29, 0.717) is 35.6 Å². The predicted molar refractivity (Wildman–Crippen MR) is 174 cm³/mol. The molecule has 0 atom stereocenters. The SMILES string of the molecule is CNC(=O)c1ccc(-c2cc3c(cc2C(=O)Nc2ccc(CNC(=O)OC(C)(C)C)cc2)-c2sccc2CCO3)c(C(=O)OC)n1. The van der Waals surface area contributed by atoms with Gasteiger partial charge in [0.1, 0.15) is 17.0 Å². The summed E-state index contributed by atoms with van der Waals surface area (Å²) in [7, 11) is 2.68. The number of carbonyl (C=O) groups is 4. The summed E-state index contributed by atoms with van der Waals surface area (Å²) in [5, 5.41) is 10.2. The second kappa shape index (κ2) is 13.4. The summed E-state index contributed by atoms with van der Waals surface area (Å²) in [5.41, 5.74) is 3.44. The van der Waals surface area contributed by atoms with E-state index in [1.54, 1.807) is 74.6 Å². The number of thiophene rings is 1. The number of alkyl carbamates (subject to hydrolysis) is 1. The molecule has 4 aromatic rings. The van der Waals surface area contributed by atoms with E-state index in [2.05, 4.69) is 20.9 Å². The van der Waals surface area contributed by atoms with Crippen LogP contribution >= 0.6 is 11.3 Å². The van der Waals surface area contributed by atoms with Gasteiger partial charge in [0.05, 0.1) is 13.7 Å². The third kappa shape index (κ3) is 7.18. The first-order chi connectivity index (χ1) is 22.0. The molecule has 0 radical (unpaired) electrons. The number of aromatic nitrogens is 1. The molecule has 11 nitrogen and oxygen atoms in total. The number of methoxy groups -OCH3 is 1. The first kappa shape index (κ1) is 32.2. The average Bonchev–Trinajstić information content (AvgIpc) is 3.43. The van der Waals surface area contributed by atoms with Crippen LogP contribution in [-0.4, -0.2) is 55.2 Å². The van der Waals surface area contributed by atoms with E-state index < -0.39 is 29.5 Å². The molecule has 0 saturated heterocycles. The number of amides is 3. The fourth-order valence-electron chi connectivity index (χ4n) is 4.90. The molecule has 0 saturated carbocycles. The standard InChI is InChI=1S/C34H34N4O7S/c1-34(2,3)45-33(42)36-18-19-6-8-21(9-7-19)37-30(39)24-16-25-27(44-14-12-20-13-15-46-29(20)25)17-23(24)22-10-11-26(31(40)35-4)38-28(22)32(41)43-5/h6-11,13,15-17H,12,14,18H2,1-5H3,(H,35,40)(H,36,42)(H,37,39). The predicted octanol–water partition coefficient (Wildman–Crippen LogP) is 5.84. The van der Waals surface area contributed by atoms with Crippen LogP contribution in [0.15, 0.2) is 60.0 Å². The molecule has 0 fully saturated rings. The molecular weight excluding hydrogens is 608 g/mol. The minimum Gasteiger partial charge on any atom is -0.493 e. The Morgan fingerprint density at radius 1 is 0.957 bits per heavy atom. The summed E-state index contributed by atoms with van der Waals surface area (Å²) >= 11 is 1.56. The van der Waals surface area contributed by atoms with Crippen LogP contribution in [0.25, 0.3) is 21.6 Å². The van der Waals surface area contributed by atoms with Crippen LogP contribution in [0.3, 0.4) is 0 Å². The zero-order valence-corrected chi connectivity index (χ0v) is 26.9. The van der Waals surface area contributed by atoms with Crippen molar-refractivity contribution in [3.05, 3.63) is 88.1 Å².